The SMILES string of the molecule is NNC(Cc1ccc(F)c(Cl)c1)CC1CCCCCC1. The van der Waals surface area contributed by atoms with Gasteiger partial charge in [0.05, 0.1) is 5.02 Å². The van der Waals surface area contributed by atoms with Crippen LogP contribution in [0.2, 0.25) is 5.02 Å². The molecule has 1 aromatic rings. The Labute approximate surface area is 125 Å². The second-order valence-corrected chi connectivity index (χ2v) is 6.32. The van der Waals surface area contributed by atoms with Gasteiger partial charge < -0.3 is 0 Å². The Hall–Kier alpha value is -0.640. The molecule has 1 aromatic carbocycles. The summed E-state index contributed by atoms with van der Waals surface area (Å²) in [6.07, 6.45) is 9.91. The molecule has 0 radical (unpaired) electrons. The van der Waals surface area contributed by atoms with Crippen LogP contribution in [-0.4, -0.2) is 6.04 Å². The molecule has 1 aliphatic rings. The first-order valence-electron chi connectivity index (χ1n) is 7.59. The second kappa shape index (κ2) is 7.96. The van der Waals surface area contributed by atoms with E-state index in [2.05, 4.69) is 5.43 Å². The van der Waals surface area contributed by atoms with Crippen LogP contribution in [0, 0.1) is 11.7 Å². The van der Waals surface area contributed by atoms with E-state index in [0.717, 1.165) is 24.3 Å². The van der Waals surface area contributed by atoms with Gasteiger partial charge in [0, 0.05) is 6.04 Å². The summed E-state index contributed by atoms with van der Waals surface area (Å²) in [6, 6.07) is 5.16. The summed E-state index contributed by atoms with van der Waals surface area (Å²) in [4.78, 5) is 0. The van der Waals surface area contributed by atoms with Gasteiger partial charge in [-0.1, -0.05) is 56.2 Å². The van der Waals surface area contributed by atoms with Crippen LogP contribution in [0.1, 0.15) is 50.5 Å². The number of rotatable bonds is 5. The van der Waals surface area contributed by atoms with Crippen molar-refractivity contribution in [3.8, 4) is 0 Å². The van der Waals surface area contributed by atoms with E-state index in [1.54, 1.807) is 12.1 Å². The van der Waals surface area contributed by atoms with Crippen LogP contribution in [0.15, 0.2) is 18.2 Å². The third-order valence-electron chi connectivity index (χ3n) is 4.29. The van der Waals surface area contributed by atoms with Crippen molar-refractivity contribution in [3.05, 3.63) is 34.6 Å². The highest BCUT2D eigenvalue weighted by atomic mass is 35.5. The van der Waals surface area contributed by atoms with Gasteiger partial charge >= 0.3 is 0 Å². The first kappa shape index (κ1) is 15.7. The third-order valence-corrected chi connectivity index (χ3v) is 4.58. The van der Waals surface area contributed by atoms with E-state index in [1.165, 1.54) is 44.6 Å². The molecule has 1 aliphatic carbocycles. The van der Waals surface area contributed by atoms with Crippen LogP contribution in [0.3, 0.4) is 0 Å². The van der Waals surface area contributed by atoms with Gasteiger partial charge in [-0.25, -0.2) is 4.39 Å². The topological polar surface area (TPSA) is 38.0 Å². The predicted molar refractivity (Wildman–Crippen MR) is 82.0 cm³/mol. The third kappa shape index (κ3) is 4.72. The molecule has 1 fully saturated rings. The summed E-state index contributed by atoms with van der Waals surface area (Å²) in [6.45, 7) is 0. The normalized spacial score (nSPS) is 18.8. The number of benzene rings is 1. The van der Waals surface area contributed by atoms with Crippen molar-refractivity contribution in [1.82, 2.24) is 5.43 Å². The van der Waals surface area contributed by atoms with E-state index in [1.807, 2.05) is 0 Å². The number of nitrogens with two attached hydrogens (primary N) is 1. The summed E-state index contributed by atoms with van der Waals surface area (Å²) >= 11 is 5.83. The van der Waals surface area contributed by atoms with Gasteiger partial charge in [-0.2, -0.15) is 0 Å². The van der Waals surface area contributed by atoms with Crippen LogP contribution >= 0.6 is 11.6 Å². The Morgan fingerprint density at radius 1 is 1.25 bits per heavy atom. The fourth-order valence-corrected chi connectivity index (χ4v) is 3.37. The highest BCUT2D eigenvalue weighted by Crippen LogP contribution is 2.27. The van der Waals surface area contributed by atoms with E-state index < -0.39 is 0 Å². The Bertz CT molecular complexity index is 417. The van der Waals surface area contributed by atoms with Gasteiger partial charge in [0.15, 0.2) is 0 Å². The summed E-state index contributed by atoms with van der Waals surface area (Å²) in [5.74, 6) is 6.08. The van der Waals surface area contributed by atoms with Crippen molar-refractivity contribution in [2.45, 2.75) is 57.4 Å². The summed E-state index contributed by atoms with van der Waals surface area (Å²) in [7, 11) is 0. The lowest BCUT2D eigenvalue weighted by Crippen LogP contribution is -2.38. The zero-order chi connectivity index (χ0) is 14.4. The molecule has 0 aromatic heterocycles. The molecule has 0 spiro atoms. The van der Waals surface area contributed by atoms with E-state index in [-0.39, 0.29) is 16.9 Å². The molecule has 0 saturated heterocycles. The van der Waals surface area contributed by atoms with Crippen LogP contribution < -0.4 is 11.3 Å². The minimum absolute atomic E-state index is 0.188. The van der Waals surface area contributed by atoms with Crippen LogP contribution in [-0.2, 0) is 6.42 Å². The molecule has 20 heavy (non-hydrogen) atoms. The molecule has 3 N–H and O–H groups in total. The largest absolute Gasteiger partial charge is 0.271 e. The van der Waals surface area contributed by atoms with Gasteiger partial charge in [0.25, 0.3) is 0 Å². The molecule has 0 aliphatic heterocycles. The highest BCUT2D eigenvalue weighted by molar-refractivity contribution is 6.30. The number of nitrogens with one attached hydrogen (secondary N) is 1. The van der Waals surface area contributed by atoms with Gasteiger partial charge in [-0.05, 0) is 36.5 Å². The van der Waals surface area contributed by atoms with E-state index in [9.17, 15) is 4.39 Å². The maximum atomic E-state index is 13.2. The molecule has 0 heterocycles. The molecule has 112 valence electrons. The fraction of sp³-hybridized carbons (Fsp3) is 0.625. The summed E-state index contributed by atoms with van der Waals surface area (Å²) in [5.41, 5.74) is 3.95. The first-order valence-corrected chi connectivity index (χ1v) is 7.97. The smallest absolute Gasteiger partial charge is 0.141 e. The molecule has 0 amide bonds. The lowest BCUT2D eigenvalue weighted by atomic mass is 9.90. The van der Waals surface area contributed by atoms with E-state index in [0.29, 0.717) is 0 Å². The van der Waals surface area contributed by atoms with Gasteiger partial charge in [0.2, 0.25) is 0 Å². The number of hydrazine groups is 1. The Balaban J connectivity index is 1.92. The van der Waals surface area contributed by atoms with Gasteiger partial charge in [-0.15, -0.1) is 0 Å². The van der Waals surface area contributed by atoms with Crippen molar-refractivity contribution >= 4 is 11.6 Å². The summed E-state index contributed by atoms with van der Waals surface area (Å²) in [5, 5.41) is 0.188. The molecule has 2 rings (SSSR count). The fourth-order valence-electron chi connectivity index (χ4n) is 3.16. The maximum absolute atomic E-state index is 13.2. The minimum Gasteiger partial charge on any atom is -0.271 e. The van der Waals surface area contributed by atoms with Crippen molar-refractivity contribution in [1.29, 1.82) is 0 Å². The Morgan fingerprint density at radius 3 is 2.55 bits per heavy atom. The molecule has 1 atom stereocenters. The van der Waals surface area contributed by atoms with Gasteiger partial charge in [0.1, 0.15) is 5.82 Å². The average molecular weight is 299 g/mol. The van der Waals surface area contributed by atoms with Crippen molar-refractivity contribution in [3.63, 3.8) is 0 Å². The quantitative estimate of drug-likeness (QED) is 0.485. The summed E-state index contributed by atoms with van der Waals surface area (Å²) < 4.78 is 13.2. The monoisotopic (exact) mass is 298 g/mol. The first-order chi connectivity index (χ1) is 9.69. The second-order valence-electron chi connectivity index (χ2n) is 5.91. The van der Waals surface area contributed by atoms with Crippen LogP contribution in [0.25, 0.3) is 0 Å². The standard InChI is InChI=1S/C16H24ClFN2/c17-15-11-13(7-8-16(15)18)10-14(20-19)9-12-5-3-1-2-4-6-12/h7-8,11-12,14,20H,1-6,9-10,19H2. The molecule has 1 saturated carbocycles. The molecule has 4 heteroatoms. The van der Waals surface area contributed by atoms with Crippen LogP contribution in [0.4, 0.5) is 4.39 Å². The van der Waals surface area contributed by atoms with Crippen LogP contribution in [0.5, 0.6) is 0 Å². The molecular weight excluding hydrogens is 275 g/mol. The number of hydrogen-bond donors (Lipinski definition) is 2. The molecular formula is C16H24ClFN2. The lowest BCUT2D eigenvalue weighted by Gasteiger charge is -2.22. The number of halogens is 2. The van der Waals surface area contributed by atoms with Crippen molar-refractivity contribution < 1.29 is 4.39 Å². The van der Waals surface area contributed by atoms with E-state index in [4.69, 9.17) is 17.4 Å². The lowest BCUT2D eigenvalue weighted by molar-refractivity contribution is 0.352. The maximum Gasteiger partial charge on any atom is 0.141 e. The van der Waals surface area contributed by atoms with Gasteiger partial charge in [-0.3, -0.25) is 11.3 Å². The average Bonchev–Trinajstić information content (AvgIpc) is 2.71. The molecule has 2 nitrogen and oxygen atoms in total. The van der Waals surface area contributed by atoms with Crippen molar-refractivity contribution in [2.75, 3.05) is 0 Å². The highest BCUT2D eigenvalue weighted by Gasteiger charge is 2.18. The van der Waals surface area contributed by atoms with E-state index >= 15 is 0 Å². The minimum atomic E-state index is -0.364. The van der Waals surface area contributed by atoms with Crippen molar-refractivity contribution in [2.24, 2.45) is 11.8 Å². The zero-order valence-electron chi connectivity index (χ0n) is 11.9. The molecule has 0 bridgehead atoms. The zero-order valence-corrected chi connectivity index (χ0v) is 12.6. The molecule has 1 unspecified atom stereocenters. The predicted octanol–water partition coefficient (Wildman–Crippen LogP) is 4.21. The Kier molecular flexibility index (Phi) is 6.27. The number of hydrogen-bond acceptors (Lipinski definition) is 2. The Morgan fingerprint density at radius 2 is 1.95 bits per heavy atom.